The molecule has 4 heterocycles. The minimum Gasteiger partial charge on any atom is -0.350 e. The molecular formula is C20H22N6O3. The normalized spacial score (nSPS) is 14.1. The number of hydrogen-bond acceptors (Lipinski definition) is 5. The van der Waals surface area contributed by atoms with Gasteiger partial charge in [-0.15, -0.1) is 0 Å². The Kier molecular flexibility index (Phi) is 4.87. The minimum atomic E-state index is -0.386. The average Bonchev–Trinajstić information content (AvgIpc) is 3.02. The Labute approximate surface area is 166 Å². The van der Waals surface area contributed by atoms with Gasteiger partial charge < -0.3 is 10.2 Å². The highest BCUT2D eigenvalue weighted by Crippen LogP contribution is 2.14. The first-order valence-electron chi connectivity index (χ1n) is 9.48. The molecule has 0 aliphatic carbocycles. The number of fused-ring (bicyclic) bond motifs is 1. The van der Waals surface area contributed by atoms with Crippen LogP contribution in [0.5, 0.6) is 0 Å². The van der Waals surface area contributed by atoms with Crippen LogP contribution in [0.1, 0.15) is 33.7 Å². The number of amides is 2. The maximum Gasteiger partial charge on any atom is 0.347 e. The highest BCUT2D eigenvalue weighted by Gasteiger charge is 2.32. The number of pyridine rings is 2. The molecule has 9 heteroatoms. The van der Waals surface area contributed by atoms with Crippen molar-refractivity contribution in [2.24, 2.45) is 0 Å². The molecule has 0 atom stereocenters. The second kappa shape index (κ2) is 7.50. The monoisotopic (exact) mass is 394 g/mol. The molecule has 150 valence electrons. The van der Waals surface area contributed by atoms with Gasteiger partial charge in [0, 0.05) is 37.1 Å². The zero-order chi connectivity index (χ0) is 20.5. The van der Waals surface area contributed by atoms with E-state index in [2.05, 4.69) is 20.5 Å². The van der Waals surface area contributed by atoms with Gasteiger partial charge in [-0.05, 0) is 50.1 Å². The van der Waals surface area contributed by atoms with Crippen LogP contribution in [0, 0.1) is 13.8 Å². The molecule has 2 amide bonds. The van der Waals surface area contributed by atoms with E-state index in [-0.39, 0.29) is 23.5 Å². The van der Waals surface area contributed by atoms with Crippen molar-refractivity contribution in [2.75, 3.05) is 13.1 Å². The van der Waals surface area contributed by atoms with E-state index in [1.807, 2.05) is 26.0 Å². The molecule has 0 radical (unpaired) electrons. The van der Waals surface area contributed by atoms with E-state index in [4.69, 9.17) is 0 Å². The quantitative estimate of drug-likeness (QED) is 0.658. The van der Waals surface area contributed by atoms with Gasteiger partial charge in [0.1, 0.15) is 0 Å². The van der Waals surface area contributed by atoms with Gasteiger partial charge in [-0.25, -0.2) is 14.3 Å². The minimum absolute atomic E-state index is 0.0272. The average molecular weight is 394 g/mol. The van der Waals surface area contributed by atoms with Gasteiger partial charge in [0.15, 0.2) is 5.65 Å². The molecule has 0 spiro atoms. The summed E-state index contributed by atoms with van der Waals surface area (Å²) in [5, 5.41) is 9.15. The van der Waals surface area contributed by atoms with Crippen LogP contribution in [0.3, 0.4) is 0 Å². The van der Waals surface area contributed by atoms with E-state index in [0.717, 1.165) is 17.0 Å². The summed E-state index contributed by atoms with van der Waals surface area (Å²) in [4.78, 5) is 42.4. The number of carbonyl (C=O) groups excluding carboxylic acids is 2. The van der Waals surface area contributed by atoms with Crippen molar-refractivity contribution in [3.63, 3.8) is 0 Å². The van der Waals surface area contributed by atoms with E-state index < -0.39 is 0 Å². The molecule has 1 fully saturated rings. The smallest absolute Gasteiger partial charge is 0.347 e. The number of H-pyrrole nitrogens is 1. The predicted molar refractivity (Wildman–Crippen MR) is 106 cm³/mol. The van der Waals surface area contributed by atoms with Gasteiger partial charge in [-0.1, -0.05) is 0 Å². The predicted octanol–water partition coefficient (Wildman–Crippen LogP) is 0.608. The summed E-state index contributed by atoms with van der Waals surface area (Å²) in [5.41, 5.74) is 3.48. The summed E-state index contributed by atoms with van der Waals surface area (Å²) >= 11 is 0. The number of nitrogens with zero attached hydrogens (tertiary/aromatic N) is 4. The Balaban J connectivity index is 1.27. The molecule has 9 nitrogen and oxygen atoms in total. The summed E-state index contributed by atoms with van der Waals surface area (Å²) in [5.74, 6) is -0.200. The molecule has 4 rings (SSSR count). The van der Waals surface area contributed by atoms with Crippen LogP contribution in [0.4, 0.5) is 0 Å². The van der Waals surface area contributed by atoms with Crippen molar-refractivity contribution >= 4 is 17.5 Å². The number of aryl methyl sites for hydroxylation is 3. The molecular weight excluding hydrogens is 372 g/mol. The summed E-state index contributed by atoms with van der Waals surface area (Å²) in [6.07, 6.45) is 2.53. The number of nitrogens with one attached hydrogen (secondary N) is 2. The van der Waals surface area contributed by atoms with E-state index >= 15 is 0 Å². The van der Waals surface area contributed by atoms with E-state index in [0.29, 0.717) is 37.1 Å². The Morgan fingerprint density at radius 2 is 1.93 bits per heavy atom. The number of rotatable bonds is 5. The zero-order valence-corrected chi connectivity index (χ0v) is 16.3. The van der Waals surface area contributed by atoms with Crippen LogP contribution in [0.15, 0.2) is 35.3 Å². The van der Waals surface area contributed by atoms with Crippen molar-refractivity contribution in [3.8, 4) is 0 Å². The van der Waals surface area contributed by atoms with Crippen LogP contribution in [-0.2, 0) is 11.2 Å². The van der Waals surface area contributed by atoms with Crippen molar-refractivity contribution < 1.29 is 9.59 Å². The third-order valence-corrected chi connectivity index (χ3v) is 4.97. The van der Waals surface area contributed by atoms with Crippen LogP contribution in [-0.4, -0.2) is 55.4 Å². The summed E-state index contributed by atoms with van der Waals surface area (Å²) in [7, 11) is 0. The maximum atomic E-state index is 12.6. The zero-order valence-electron chi connectivity index (χ0n) is 16.3. The van der Waals surface area contributed by atoms with E-state index in [1.165, 1.54) is 10.6 Å². The molecule has 0 bridgehead atoms. The Morgan fingerprint density at radius 3 is 2.66 bits per heavy atom. The molecule has 1 aliphatic rings. The van der Waals surface area contributed by atoms with Crippen LogP contribution < -0.4 is 11.0 Å². The van der Waals surface area contributed by atoms with Crippen molar-refractivity contribution in [1.82, 2.24) is 29.8 Å². The molecule has 2 N–H and O–H groups in total. The number of likely N-dealkylation sites (tertiary alicyclic amines) is 1. The lowest BCUT2D eigenvalue weighted by Gasteiger charge is -2.39. The second-order valence-electron chi connectivity index (χ2n) is 7.41. The van der Waals surface area contributed by atoms with Crippen LogP contribution in [0.2, 0.25) is 0 Å². The highest BCUT2D eigenvalue weighted by atomic mass is 16.2. The van der Waals surface area contributed by atoms with Gasteiger partial charge in [-0.2, -0.15) is 5.10 Å². The molecule has 1 saturated heterocycles. The molecule has 0 aromatic carbocycles. The van der Waals surface area contributed by atoms with Crippen molar-refractivity contribution in [2.45, 2.75) is 32.7 Å². The number of hydrogen-bond donors (Lipinski definition) is 2. The van der Waals surface area contributed by atoms with Gasteiger partial charge in [0.25, 0.3) is 5.91 Å². The van der Waals surface area contributed by atoms with E-state index in [1.54, 1.807) is 17.0 Å². The highest BCUT2D eigenvalue weighted by molar-refractivity contribution is 5.95. The first-order valence-corrected chi connectivity index (χ1v) is 9.48. The van der Waals surface area contributed by atoms with Gasteiger partial charge in [0.05, 0.1) is 11.6 Å². The summed E-state index contributed by atoms with van der Waals surface area (Å²) in [6, 6.07) is 7.20. The molecule has 3 aromatic heterocycles. The maximum absolute atomic E-state index is 12.6. The number of aromatic amines is 1. The molecule has 0 unspecified atom stereocenters. The van der Waals surface area contributed by atoms with Crippen LogP contribution >= 0.6 is 0 Å². The van der Waals surface area contributed by atoms with Crippen molar-refractivity contribution in [1.29, 1.82) is 0 Å². The fourth-order valence-corrected chi connectivity index (χ4v) is 3.57. The first-order chi connectivity index (χ1) is 13.9. The SMILES string of the molecule is Cc1cc(CCC(=O)NC2CN(C(=O)c3ccc4n[nH]c(=O)n4c3)C2)cc(C)n1. The van der Waals surface area contributed by atoms with Gasteiger partial charge in [0.2, 0.25) is 5.91 Å². The Bertz CT molecular complexity index is 1120. The topological polar surface area (TPSA) is 112 Å². The van der Waals surface area contributed by atoms with Gasteiger partial charge >= 0.3 is 5.69 Å². The Morgan fingerprint density at radius 1 is 1.21 bits per heavy atom. The lowest BCUT2D eigenvalue weighted by molar-refractivity contribution is -0.122. The molecule has 29 heavy (non-hydrogen) atoms. The second-order valence-corrected chi connectivity index (χ2v) is 7.41. The van der Waals surface area contributed by atoms with Gasteiger partial charge in [-0.3, -0.25) is 14.6 Å². The third kappa shape index (κ3) is 4.03. The Hall–Kier alpha value is -3.49. The standard InChI is InChI=1S/C20H22N6O3/c1-12-7-14(8-13(2)21-12)3-6-18(27)22-16-10-25(11-16)19(28)15-4-5-17-23-24-20(29)26(17)9-15/h4-5,7-9,16H,3,6,10-11H2,1-2H3,(H,22,27)(H,24,29). The first kappa shape index (κ1) is 18.9. The number of aromatic nitrogens is 4. The molecule has 0 saturated carbocycles. The fourth-order valence-electron chi connectivity index (χ4n) is 3.57. The van der Waals surface area contributed by atoms with E-state index in [9.17, 15) is 14.4 Å². The third-order valence-electron chi connectivity index (χ3n) is 4.97. The molecule has 3 aromatic rings. The number of carbonyl (C=O) groups is 2. The largest absolute Gasteiger partial charge is 0.350 e. The molecule has 1 aliphatic heterocycles. The lowest BCUT2D eigenvalue weighted by atomic mass is 10.1. The lowest BCUT2D eigenvalue weighted by Crippen LogP contribution is -2.61. The van der Waals surface area contributed by atoms with Crippen molar-refractivity contribution in [3.05, 3.63) is 63.5 Å². The summed E-state index contributed by atoms with van der Waals surface area (Å²) < 4.78 is 1.30. The summed E-state index contributed by atoms with van der Waals surface area (Å²) in [6.45, 7) is 4.79. The van der Waals surface area contributed by atoms with Crippen LogP contribution in [0.25, 0.3) is 5.65 Å². The fraction of sp³-hybridized carbons (Fsp3) is 0.350.